The molecule has 8 heteroatoms. The number of halogens is 1. The van der Waals surface area contributed by atoms with E-state index in [0.29, 0.717) is 12.1 Å². The number of nitrogens with one attached hydrogen (secondary N) is 1. The molecule has 0 bridgehead atoms. The highest BCUT2D eigenvalue weighted by molar-refractivity contribution is 5.95. The van der Waals surface area contributed by atoms with Crippen LogP contribution in [0, 0.1) is 5.82 Å². The van der Waals surface area contributed by atoms with Crippen LogP contribution in [0.2, 0.25) is 0 Å². The van der Waals surface area contributed by atoms with Gasteiger partial charge in [0.1, 0.15) is 11.5 Å². The third-order valence-corrected chi connectivity index (χ3v) is 3.94. The molecule has 0 unspecified atom stereocenters. The summed E-state index contributed by atoms with van der Waals surface area (Å²) in [5.41, 5.74) is 0.738. The largest absolute Gasteiger partial charge is 0.501 e. The highest BCUT2D eigenvalue weighted by Crippen LogP contribution is 2.13. The molecule has 1 amide bonds. The van der Waals surface area contributed by atoms with Gasteiger partial charge in [-0.3, -0.25) is 14.0 Å². The van der Waals surface area contributed by atoms with Crippen molar-refractivity contribution in [3.8, 4) is 5.75 Å². The van der Waals surface area contributed by atoms with Crippen molar-refractivity contribution in [3.05, 3.63) is 75.6 Å². The number of aromatic nitrogens is 2. The van der Waals surface area contributed by atoms with E-state index in [1.54, 1.807) is 18.3 Å². The van der Waals surface area contributed by atoms with E-state index in [2.05, 4.69) is 10.3 Å². The molecule has 2 aromatic heterocycles. The van der Waals surface area contributed by atoms with E-state index in [4.69, 9.17) is 0 Å². The molecule has 0 spiro atoms. The van der Waals surface area contributed by atoms with Crippen LogP contribution < -0.4 is 10.9 Å². The standard InChI is InChI=1S/C19H19FN4O3/c1-23(2)10-13-5-8-15-22-16(17(25)19(27)24(15)11-13)18(26)21-9-12-3-6-14(20)7-4-12/h3-8,11,25H,9-10H2,1-2H3,(H,21,26). The lowest BCUT2D eigenvalue weighted by atomic mass is 10.2. The van der Waals surface area contributed by atoms with E-state index < -0.39 is 17.2 Å². The molecule has 0 radical (unpaired) electrons. The van der Waals surface area contributed by atoms with E-state index in [1.165, 1.54) is 28.7 Å². The summed E-state index contributed by atoms with van der Waals surface area (Å²) in [6.07, 6.45) is 1.59. The second-order valence-electron chi connectivity index (χ2n) is 6.43. The fourth-order valence-corrected chi connectivity index (χ4v) is 2.66. The molecule has 7 nitrogen and oxygen atoms in total. The second-order valence-corrected chi connectivity index (χ2v) is 6.43. The topological polar surface area (TPSA) is 86.9 Å². The number of carbonyl (C=O) groups is 1. The number of benzene rings is 1. The minimum atomic E-state index is -0.717. The number of pyridine rings is 1. The van der Waals surface area contributed by atoms with Gasteiger partial charge in [-0.15, -0.1) is 0 Å². The van der Waals surface area contributed by atoms with E-state index in [-0.39, 0.29) is 23.7 Å². The zero-order chi connectivity index (χ0) is 19.6. The van der Waals surface area contributed by atoms with Gasteiger partial charge in [0.15, 0.2) is 5.69 Å². The van der Waals surface area contributed by atoms with Gasteiger partial charge >= 0.3 is 5.56 Å². The molecule has 27 heavy (non-hydrogen) atoms. The third kappa shape index (κ3) is 4.12. The maximum Gasteiger partial charge on any atom is 0.300 e. The summed E-state index contributed by atoms with van der Waals surface area (Å²) in [6.45, 7) is 0.727. The molecule has 0 atom stereocenters. The van der Waals surface area contributed by atoms with Crippen LogP contribution in [0.25, 0.3) is 5.65 Å². The van der Waals surface area contributed by atoms with Crippen molar-refractivity contribution in [2.45, 2.75) is 13.1 Å². The highest BCUT2D eigenvalue weighted by atomic mass is 19.1. The van der Waals surface area contributed by atoms with Crippen molar-refractivity contribution in [1.82, 2.24) is 19.6 Å². The number of rotatable bonds is 5. The summed E-state index contributed by atoms with van der Waals surface area (Å²) in [7, 11) is 3.80. The quantitative estimate of drug-likeness (QED) is 0.711. The minimum Gasteiger partial charge on any atom is -0.501 e. The van der Waals surface area contributed by atoms with Crippen molar-refractivity contribution in [2.24, 2.45) is 0 Å². The van der Waals surface area contributed by atoms with Gasteiger partial charge in [0, 0.05) is 19.3 Å². The van der Waals surface area contributed by atoms with Crippen molar-refractivity contribution in [2.75, 3.05) is 14.1 Å². The molecule has 0 aliphatic heterocycles. The Morgan fingerprint density at radius 1 is 1.19 bits per heavy atom. The maximum atomic E-state index is 12.9. The molecule has 3 rings (SSSR count). The molecule has 0 fully saturated rings. The normalized spacial score (nSPS) is 11.1. The number of fused-ring (bicyclic) bond motifs is 1. The zero-order valence-corrected chi connectivity index (χ0v) is 14.9. The van der Waals surface area contributed by atoms with E-state index in [1.807, 2.05) is 19.0 Å². The average molecular weight is 370 g/mol. The van der Waals surface area contributed by atoms with Crippen LogP contribution in [0.4, 0.5) is 4.39 Å². The van der Waals surface area contributed by atoms with Gasteiger partial charge in [0.25, 0.3) is 5.91 Å². The molecule has 0 saturated carbocycles. The Morgan fingerprint density at radius 3 is 2.52 bits per heavy atom. The summed E-state index contributed by atoms with van der Waals surface area (Å²) in [5.74, 6) is -1.78. The molecule has 3 aromatic rings. The first-order valence-electron chi connectivity index (χ1n) is 8.27. The van der Waals surface area contributed by atoms with Gasteiger partial charge in [0.05, 0.1) is 0 Å². The lowest BCUT2D eigenvalue weighted by Gasteiger charge is -2.12. The van der Waals surface area contributed by atoms with Gasteiger partial charge in [0.2, 0.25) is 5.75 Å². The van der Waals surface area contributed by atoms with Crippen molar-refractivity contribution < 1.29 is 14.3 Å². The smallest absolute Gasteiger partial charge is 0.300 e. The second kappa shape index (κ2) is 7.55. The summed E-state index contributed by atoms with van der Waals surface area (Å²) >= 11 is 0. The van der Waals surface area contributed by atoms with Crippen molar-refractivity contribution in [3.63, 3.8) is 0 Å². The number of hydrogen-bond acceptors (Lipinski definition) is 5. The first-order valence-corrected chi connectivity index (χ1v) is 8.27. The van der Waals surface area contributed by atoms with Crippen LogP contribution >= 0.6 is 0 Å². The van der Waals surface area contributed by atoms with Crippen LogP contribution in [0.5, 0.6) is 5.75 Å². The minimum absolute atomic E-state index is 0.112. The Balaban J connectivity index is 1.87. The first-order chi connectivity index (χ1) is 12.8. The summed E-state index contributed by atoms with van der Waals surface area (Å²) < 4.78 is 14.1. The van der Waals surface area contributed by atoms with Crippen LogP contribution in [-0.2, 0) is 13.1 Å². The summed E-state index contributed by atoms with van der Waals surface area (Å²) in [5, 5.41) is 12.7. The van der Waals surface area contributed by atoms with E-state index in [9.17, 15) is 19.1 Å². The molecule has 0 saturated heterocycles. The van der Waals surface area contributed by atoms with Gasteiger partial charge in [-0.25, -0.2) is 9.37 Å². The monoisotopic (exact) mass is 370 g/mol. The van der Waals surface area contributed by atoms with Crippen LogP contribution in [0.15, 0.2) is 47.4 Å². The fraction of sp³-hybridized carbons (Fsp3) is 0.211. The maximum absolute atomic E-state index is 12.9. The van der Waals surface area contributed by atoms with Crippen LogP contribution in [-0.4, -0.2) is 39.4 Å². The third-order valence-electron chi connectivity index (χ3n) is 3.94. The Morgan fingerprint density at radius 2 is 1.85 bits per heavy atom. The molecule has 0 aliphatic rings. The average Bonchev–Trinajstić information content (AvgIpc) is 2.64. The molecule has 140 valence electrons. The Hall–Kier alpha value is -3.26. The molecule has 2 N–H and O–H groups in total. The van der Waals surface area contributed by atoms with E-state index >= 15 is 0 Å². The van der Waals surface area contributed by atoms with Gasteiger partial charge in [-0.2, -0.15) is 0 Å². The van der Waals surface area contributed by atoms with E-state index in [0.717, 1.165) is 5.56 Å². The van der Waals surface area contributed by atoms with Crippen molar-refractivity contribution in [1.29, 1.82) is 0 Å². The summed E-state index contributed by atoms with van der Waals surface area (Å²) in [6, 6.07) is 9.06. The van der Waals surface area contributed by atoms with Crippen molar-refractivity contribution >= 4 is 11.6 Å². The SMILES string of the molecule is CN(C)Cc1ccc2nc(C(=O)NCc3ccc(F)cc3)c(O)c(=O)n2c1. The first kappa shape index (κ1) is 18.5. The fourth-order valence-electron chi connectivity index (χ4n) is 2.66. The highest BCUT2D eigenvalue weighted by Gasteiger charge is 2.18. The number of nitrogens with zero attached hydrogens (tertiary/aromatic N) is 3. The molecular weight excluding hydrogens is 351 g/mol. The number of aromatic hydroxyl groups is 1. The predicted molar refractivity (Wildman–Crippen MR) is 98.1 cm³/mol. The lowest BCUT2D eigenvalue weighted by Crippen LogP contribution is -2.27. The number of amides is 1. The molecule has 2 heterocycles. The molecular formula is C19H19FN4O3. The molecule has 1 aromatic carbocycles. The van der Waals surface area contributed by atoms with Gasteiger partial charge < -0.3 is 15.3 Å². The predicted octanol–water partition coefficient (Wildman–Crippen LogP) is 1.53. The molecule has 0 aliphatic carbocycles. The Bertz CT molecular complexity index is 1050. The van der Waals surface area contributed by atoms with Crippen LogP contribution in [0.3, 0.4) is 0 Å². The lowest BCUT2D eigenvalue weighted by molar-refractivity contribution is 0.0942. The van der Waals surface area contributed by atoms with Gasteiger partial charge in [-0.05, 0) is 43.4 Å². The Labute approximate surface area is 154 Å². The van der Waals surface area contributed by atoms with Crippen LogP contribution in [0.1, 0.15) is 21.6 Å². The summed E-state index contributed by atoms with van der Waals surface area (Å²) in [4.78, 5) is 30.8. The number of hydrogen-bond donors (Lipinski definition) is 2. The Kier molecular flexibility index (Phi) is 5.18. The zero-order valence-electron chi connectivity index (χ0n) is 14.9. The van der Waals surface area contributed by atoms with Gasteiger partial charge in [-0.1, -0.05) is 18.2 Å². The number of carbonyl (C=O) groups excluding carboxylic acids is 1.